The van der Waals surface area contributed by atoms with E-state index in [1.807, 2.05) is 24.3 Å². The molecular weight excluding hydrogens is 364 g/mol. The van der Waals surface area contributed by atoms with Gasteiger partial charge in [0.15, 0.2) is 12.4 Å². The number of amides is 1. The molecule has 27 heavy (non-hydrogen) atoms. The Morgan fingerprint density at radius 1 is 1.15 bits per heavy atom. The van der Waals surface area contributed by atoms with Crippen molar-refractivity contribution in [1.82, 2.24) is 4.98 Å². The number of ether oxygens (including phenoxy) is 1. The first-order chi connectivity index (χ1) is 13.0. The number of para-hydroxylation sites is 1. The number of thiazole rings is 1. The van der Waals surface area contributed by atoms with Gasteiger partial charge in [0.05, 0.1) is 10.2 Å². The highest BCUT2D eigenvalue weighted by Crippen LogP contribution is 2.22. The van der Waals surface area contributed by atoms with E-state index in [1.165, 1.54) is 24.3 Å². The summed E-state index contributed by atoms with van der Waals surface area (Å²) in [6, 6.07) is 14.2. The molecule has 3 rings (SSSR count). The van der Waals surface area contributed by atoms with Gasteiger partial charge in [0.25, 0.3) is 5.91 Å². The molecule has 0 spiro atoms. The summed E-state index contributed by atoms with van der Waals surface area (Å²) >= 11 is 1.46. The fraction of sp³-hybridized carbons (Fsp3) is 0.100. The summed E-state index contributed by atoms with van der Waals surface area (Å²) in [6.45, 7) is 1.02. The highest BCUT2D eigenvalue weighted by atomic mass is 32.1. The first-order valence-corrected chi connectivity index (χ1v) is 8.94. The normalized spacial score (nSPS) is 10.9. The number of hydrogen-bond donors (Lipinski definition) is 1. The third-order valence-electron chi connectivity index (χ3n) is 3.57. The van der Waals surface area contributed by atoms with Gasteiger partial charge in [-0.2, -0.15) is 0 Å². The number of fused-ring (bicyclic) bond motifs is 1. The predicted octanol–water partition coefficient (Wildman–Crippen LogP) is 3.69. The average molecular weight is 380 g/mol. The van der Waals surface area contributed by atoms with E-state index in [2.05, 4.69) is 10.3 Å². The third-order valence-corrected chi connectivity index (χ3v) is 4.57. The number of aromatic nitrogens is 1. The van der Waals surface area contributed by atoms with E-state index in [0.29, 0.717) is 16.3 Å². The van der Waals surface area contributed by atoms with Crippen molar-refractivity contribution in [3.63, 3.8) is 0 Å². The number of ketones is 1. The molecule has 1 heterocycles. The average Bonchev–Trinajstić information content (AvgIpc) is 3.08. The standard InChI is InChI=1S/C20H16N2O4S/c1-13(23)14-5-4-6-15(11-14)21-18(24)12-26-20(25)10-9-19-22-16-7-2-3-8-17(16)27-19/h2-11H,12H2,1H3,(H,21,24)/b10-9+. The van der Waals surface area contributed by atoms with Gasteiger partial charge < -0.3 is 10.1 Å². The van der Waals surface area contributed by atoms with Crippen molar-refractivity contribution in [2.75, 3.05) is 11.9 Å². The monoisotopic (exact) mass is 380 g/mol. The molecule has 3 aromatic rings. The summed E-state index contributed by atoms with van der Waals surface area (Å²) in [7, 11) is 0. The fourth-order valence-electron chi connectivity index (χ4n) is 2.30. The van der Waals surface area contributed by atoms with E-state index in [1.54, 1.807) is 30.3 Å². The van der Waals surface area contributed by atoms with Gasteiger partial charge in [0.1, 0.15) is 5.01 Å². The zero-order valence-electron chi connectivity index (χ0n) is 14.5. The van der Waals surface area contributed by atoms with Crippen molar-refractivity contribution in [2.24, 2.45) is 0 Å². The topological polar surface area (TPSA) is 85.4 Å². The molecule has 1 aromatic heterocycles. The number of esters is 1. The largest absolute Gasteiger partial charge is 0.452 e. The maximum Gasteiger partial charge on any atom is 0.331 e. The van der Waals surface area contributed by atoms with Crippen LogP contribution in [-0.2, 0) is 14.3 Å². The second-order valence-electron chi connectivity index (χ2n) is 5.65. The lowest BCUT2D eigenvalue weighted by atomic mass is 10.1. The number of hydrogen-bond acceptors (Lipinski definition) is 6. The van der Waals surface area contributed by atoms with Crippen LogP contribution in [0, 0.1) is 0 Å². The lowest BCUT2D eigenvalue weighted by Gasteiger charge is -2.06. The smallest absolute Gasteiger partial charge is 0.331 e. The SMILES string of the molecule is CC(=O)c1cccc(NC(=O)COC(=O)/C=C/c2nc3ccccc3s2)c1. The Labute approximate surface area is 159 Å². The molecule has 7 heteroatoms. The molecule has 136 valence electrons. The number of rotatable bonds is 6. The van der Waals surface area contributed by atoms with Crippen molar-refractivity contribution in [1.29, 1.82) is 0 Å². The maximum atomic E-state index is 11.9. The molecule has 0 radical (unpaired) electrons. The van der Waals surface area contributed by atoms with E-state index in [9.17, 15) is 14.4 Å². The van der Waals surface area contributed by atoms with Crippen LogP contribution < -0.4 is 5.32 Å². The summed E-state index contributed by atoms with van der Waals surface area (Å²) in [5.41, 5.74) is 1.82. The van der Waals surface area contributed by atoms with Crippen LogP contribution in [0.1, 0.15) is 22.3 Å². The van der Waals surface area contributed by atoms with E-state index in [4.69, 9.17) is 4.74 Å². The van der Waals surface area contributed by atoms with Gasteiger partial charge in [-0.15, -0.1) is 11.3 Å². The molecule has 1 amide bonds. The first-order valence-electron chi connectivity index (χ1n) is 8.12. The van der Waals surface area contributed by atoms with Gasteiger partial charge in [-0.1, -0.05) is 24.3 Å². The molecule has 0 saturated heterocycles. The molecule has 0 aliphatic carbocycles. The molecule has 0 fully saturated rings. The predicted molar refractivity (Wildman–Crippen MR) is 105 cm³/mol. The highest BCUT2D eigenvalue weighted by molar-refractivity contribution is 7.19. The molecule has 0 bridgehead atoms. The molecular formula is C20H16N2O4S. The highest BCUT2D eigenvalue weighted by Gasteiger charge is 2.08. The van der Waals surface area contributed by atoms with Crippen LogP contribution in [0.3, 0.4) is 0 Å². The van der Waals surface area contributed by atoms with Gasteiger partial charge in [-0.05, 0) is 37.3 Å². The lowest BCUT2D eigenvalue weighted by Crippen LogP contribution is -2.20. The van der Waals surface area contributed by atoms with E-state index < -0.39 is 18.5 Å². The Bertz CT molecular complexity index is 1010. The second-order valence-corrected chi connectivity index (χ2v) is 6.71. The summed E-state index contributed by atoms with van der Waals surface area (Å²) in [6.07, 6.45) is 2.79. The second kappa shape index (κ2) is 8.37. The Morgan fingerprint density at radius 2 is 1.96 bits per heavy atom. The molecule has 2 aromatic carbocycles. The molecule has 6 nitrogen and oxygen atoms in total. The summed E-state index contributed by atoms with van der Waals surface area (Å²) in [5, 5.41) is 3.26. The van der Waals surface area contributed by atoms with Gasteiger partial charge in [-0.3, -0.25) is 9.59 Å². The lowest BCUT2D eigenvalue weighted by molar-refractivity contribution is -0.142. The van der Waals surface area contributed by atoms with Gasteiger partial charge in [0.2, 0.25) is 0 Å². The minimum Gasteiger partial charge on any atom is -0.452 e. The third kappa shape index (κ3) is 5.08. The number of carbonyl (C=O) groups excluding carboxylic acids is 3. The number of anilines is 1. The maximum absolute atomic E-state index is 11.9. The quantitative estimate of drug-likeness (QED) is 0.400. The van der Waals surface area contributed by atoms with Crippen molar-refractivity contribution in [3.05, 3.63) is 65.2 Å². The number of carbonyl (C=O) groups is 3. The molecule has 0 atom stereocenters. The zero-order valence-corrected chi connectivity index (χ0v) is 15.3. The van der Waals surface area contributed by atoms with Crippen molar-refractivity contribution < 1.29 is 19.1 Å². The van der Waals surface area contributed by atoms with Gasteiger partial charge in [-0.25, -0.2) is 9.78 Å². The Morgan fingerprint density at radius 3 is 2.74 bits per heavy atom. The first kappa shape index (κ1) is 18.5. The van der Waals surface area contributed by atoms with Gasteiger partial charge >= 0.3 is 5.97 Å². The summed E-state index contributed by atoms with van der Waals surface area (Å²) in [4.78, 5) is 39.4. The van der Waals surface area contributed by atoms with Crippen molar-refractivity contribution >= 4 is 51.0 Å². The summed E-state index contributed by atoms with van der Waals surface area (Å²) < 4.78 is 5.95. The van der Waals surface area contributed by atoms with Crippen molar-refractivity contribution in [3.8, 4) is 0 Å². The Balaban J connectivity index is 1.51. The molecule has 0 saturated carbocycles. The Hall–Kier alpha value is -3.32. The molecule has 0 unspecified atom stereocenters. The number of nitrogens with one attached hydrogen (secondary N) is 1. The number of benzene rings is 2. The number of nitrogens with zero attached hydrogens (tertiary/aromatic N) is 1. The van der Waals surface area contributed by atoms with Crippen LogP contribution in [0.25, 0.3) is 16.3 Å². The molecule has 0 aliphatic rings. The van der Waals surface area contributed by atoms with E-state index in [-0.39, 0.29) is 5.78 Å². The fourth-order valence-corrected chi connectivity index (χ4v) is 3.17. The minimum absolute atomic E-state index is 0.0995. The van der Waals surface area contributed by atoms with Crippen LogP contribution in [-0.4, -0.2) is 29.3 Å². The Kier molecular flexibility index (Phi) is 5.73. The minimum atomic E-state index is -0.637. The van der Waals surface area contributed by atoms with Crippen LogP contribution in [0.2, 0.25) is 0 Å². The molecule has 1 N–H and O–H groups in total. The van der Waals surface area contributed by atoms with Crippen molar-refractivity contribution in [2.45, 2.75) is 6.92 Å². The van der Waals surface area contributed by atoms with Crippen LogP contribution in [0.5, 0.6) is 0 Å². The van der Waals surface area contributed by atoms with Crippen LogP contribution in [0.15, 0.2) is 54.6 Å². The molecule has 0 aliphatic heterocycles. The summed E-state index contributed by atoms with van der Waals surface area (Å²) in [5.74, 6) is -1.23. The van der Waals surface area contributed by atoms with E-state index in [0.717, 1.165) is 10.2 Å². The zero-order chi connectivity index (χ0) is 19.2. The van der Waals surface area contributed by atoms with E-state index >= 15 is 0 Å². The van der Waals surface area contributed by atoms with Crippen LogP contribution in [0.4, 0.5) is 5.69 Å². The van der Waals surface area contributed by atoms with Gasteiger partial charge in [0, 0.05) is 17.3 Å². The van der Waals surface area contributed by atoms with Crippen LogP contribution >= 0.6 is 11.3 Å². The number of Topliss-reactive ketones (excluding diaryl/α,β-unsaturated/α-hetero) is 1.